The van der Waals surface area contributed by atoms with Gasteiger partial charge >= 0.3 is 0 Å². The Kier molecular flexibility index (Phi) is 5.74. The maximum atomic E-state index is 12.5. The van der Waals surface area contributed by atoms with Crippen molar-refractivity contribution in [2.45, 2.75) is 60.3 Å². The highest BCUT2D eigenvalue weighted by atomic mass is 16.1. The first-order valence-corrected chi connectivity index (χ1v) is 10.5. The van der Waals surface area contributed by atoms with Gasteiger partial charge in [-0.2, -0.15) is 0 Å². The van der Waals surface area contributed by atoms with Gasteiger partial charge in [-0.1, -0.05) is 49.3 Å². The molecule has 0 aromatic carbocycles. The number of rotatable bonds is 4. The van der Waals surface area contributed by atoms with Crippen LogP contribution in [-0.2, 0) is 9.59 Å². The van der Waals surface area contributed by atoms with Crippen molar-refractivity contribution in [3.63, 3.8) is 0 Å². The van der Waals surface area contributed by atoms with Gasteiger partial charge in [0, 0.05) is 0 Å². The van der Waals surface area contributed by atoms with Gasteiger partial charge in [-0.3, -0.25) is 9.59 Å². The first-order chi connectivity index (χ1) is 12.8. The fraction of sp³-hybridized carbons (Fsp3) is 0.600. The van der Waals surface area contributed by atoms with Gasteiger partial charge in [-0.15, -0.1) is 0 Å². The van der Waals surface area contributed by atoms with E-state index in [0.717, 1.165) is 24.7 Å². The quantitative estimate of drug-likeness (QED) is 0.461. The van der Waals surface area contributed by atoms with Gasteiger partial charge in [0.1, 0.15) is 6.29 Å². The molecule has 146 valence electrons. The normalized spacial score (nSPS) is 37.0. The second-order valence-electron chi connectivity index (χ2n) is 9.59. The van der Waals surface area contributed by atoms with Crippen molar-refractivity contribution < 1.29 is 9.59 Å². The molecule has 0 spiro atoms. The van der Waals surface area contributed by atoms with Gasteiger partial charge in [0.25, 0.3) is 0 Å². The lowest BCUT2D eigenvalue weighted by molar-refractivity contribution is -0.119. The van der Waals surface area contributed by atoms with Crippen LogP contribution in [0.15, 0.2) is 47.1 Å². The predicted molar refractivity (Wildman–Crippen MR) is 111 cm³/mol. The highest BCUT2D eigenvalue weighted by molar-refractivity contribution is 6.01. The van der Waals surface area contributed by atoms with Crippen LogP contribution in [0.4, 0.5) is 0 Å². The summed E-state index contributed by atoms with van der Waals surface area (Å²) in [6, 6.07) is 0. The first-order valence-electron chi connectivity index (χ1n) is 10.5. The van der Waals surface area contributed by atoms with Crippen molar-refractivity contribution in [1.29, 1.82) is 0 Å². The zero-order valence-corrected chi connectivity index (χ0v) is 17.5. The number of hydrogen-bond donors (Lipinski definition) is 0. The molecule has 3 aliphatic carbocycles. The summed E-state index contributed by atoms with van der Waals surface area (Å²) in [6.07, 6.45) is 16.0. The summed E-state index contributed by atoms with van der Waals surface area (Å²) in [7, 11) is 0. The average molecular weight is 367 g/mol. The van der Waals surface area contributed by atoms with Crippen molar-refractivity contribution in [2.24, 2.45) is 35.0 Å². The zero-order chi connectivity index (χ0) is 19.8. The summed E-state index contributed by atoms with van der Waals surface area (Å²) >= 11 is 0. The Labute approximate surface area is 164 Å². The molecule has 1 fully saturated rings. The van der Waals surface area contributed by atoms with Gasteiger partial charge in [0.15, 0.2) is 5.78 Å². The van der Waals surface area contributed by atoms with E-state index < -0.39 is 0 Å². The smallest absolute Gasteiger partial charge is 0.163 e. The second kappa shape index (κ2) is 7.73. The molecule has 2 nitrogen and oxygen atoms in total. The minimum Gasteiger partial charge on any atom is -0.298 e. The minimum atomic E-state index is -0.227. The third kappa shape index (κ3) is 3.81. The van der Waals surface area contributed by atoms with Crippen LogP contribution in [0.1, 0.15) is 60.3 Å². The van der Waals surface area contributed by atoms with E-state index in [2.05, 4.69) is 58.9 Å². The van der Waals surface area contributed by atoms with Gasteiger partial charge in [0.2, 0.25) is 0 Å². The van der Waals surface area contributed by atoms with Crippen LogP contribution < -0.4 is 0 Å². The lowest BCUT2D eigenvalue weighted by Crippen LogP contribution is -2.34. The molecular formula is C25H34O2. The summed E-state index contributed by atoms with van der Waals surface area (Å²) in [4.78, 5) is 24.3. The van der Waals surface area contributed by atoms with Crippen molar-refractivity contribution >= 4 is 12.1 Å². The third-order valence-electron chi connectivity index (χ3n) is 7.43. The summed E-state index contributed by atoms with van der Waals surface area (Å²) in [5.41, 5.74) is 3.45. The molecule has 1 saturated carbocycles. The Bertz CT molecular complexity index is 731. The lowest BCUT2D eigenvalue weighted by atomic mass is 9.63. The molecule has 3 aliphatic rings. The van der Waals surface area contributed by atoms with Gasteiger partial charge in [0.05, 0.1) is 5.92 Å². The van der Waals surface area contributed by atoms with Crippen molar-refractivity contribution in [1.82, 2.24) is 0 Å². The molecule has 3 rings (SSSR count). The highest BCUT2D eigenvalue weighted by Crippen LogP contribution is 2.58. The molecule has 0 aromatic rings. The third-order valence-corrected chi connectivity index (χ3v) is 7.43. The van der Waals surface area contributed by atoms with Crippen LogP contribution in [0.25, 0.3) is 0 Å². The summed E-state index contributed by atoms with van der Waals surface area (Å²) in [6.45, 7) is 11.1. The summed E-state index contributed by atoms with van der Waals surface area (Å²) in [5.74, 6) is 1.84. The fourth-order valence-corrected chi connectivity index (χ4v) is 5.88. The number of fused-ring (bicyclic) bond motifs is 2. The van der Waals surface area contributed by atoms with Gasteiger partial charge < -0.3 is 0 Å². The number of carbonyl (C=O) groups is 2. The monoisotopic (exact) mass is 366 g/mol. The Balaban J connectivity index is 1.90. The first kappa shape index (κ1) is 20.0. The molecule has 0 unspecified atom stereocenters. The van der Waals surface area contributed by atoms with E-state index in [4.69, 9.17) is 0 Å². The van der Waals surface area contributed by atoms with E-state index in [1.807, 2.05) is 0 Å². The molecule has 6 atom stereocenters. The van der Waals surface area contributed by atoms with Crippen LogP contribution in [0, 0.1) is 35.0 Å². The lowest BCUT2D eigenvalue weighted by Gasteiger charge is -2.40. The zero-order valence-electron chi connectivity index (χ0n) is 17.5. The fourth-order valence-electron chi connectivity index (χ4n) is 5.88. The minimum absolute atomic E-state index is 0.130. The highest BCUT2D eigenvalue weighted by Gasteiger charge is 2.50. The molecule has 0 aliphatic heterocycles. The molecule has 0 radical (unpaired) electrons. The van der Waals surface area contributed by atoms with Gasteiger partial charge in [-0.25, -0.2) is 0 Å². The van der Waals surface area contributed by atoms with E-state index in [1.54, 1.807) is 6.08 Å². The molecule has 27 heavy (non-hydrogen) atoms. The average Bonchev–Trinajstić information content (AvgIpc) is 3.04. The Morgan fingerprint density at radius 3 is 2.74 bits per heavy atom. The van der Waals surface area contributed by atoms with Crippen molar-refractivity contribution in [3.8, 4) is 0 Å². The van der Waals surface area contributed by atoms with Crippen molar-refractivity contribution in [2.75, 3.05) is 0 Å². The van der Waals surface area contributed by atoms with Crippen LogP contribution in [0.5, 0.6) is 0 Å². The summed E-state index contributed by atoms with van der Waals surface area (Å²) in [5, 5.41) is 0. The molecule has 0 saturated heterocycles. The van der Waals surface area contributed by atoms with Crippen LogP contribution in [0.3, 0.4) is 0 Å². The summed E-state index contributed by atoms with van der Waals surface area (Å²) < 4.78 is 0. The Morgan fingerprint density at radius 1 is 1.33 bits per heavy atom. The molecule has 2 heteroatoms. The van der Waals surface area contributed by atoms with Crippen LogP contribution in [-0.4, -0.2) is 12.1 Å². The second-order valence-corrected chi connectivity index (χ2v) is 9.59. The molecule has 0 N–H and O–H groups in total. The SMILES string of the molecule is CC(C)=C/C=C\[C@H](C)[C@H]1CC[C@]2(C)C[C@@H]3C(C)=CC(=O)[C@H]3C(C=O)=CC[C@@H]12. The number of carbonyl (C=O) groups excluding carboxylic acids is 2. The van der Waals surface area contributed by atoms with E-state index in [1.165, 1.54) is 24.0 Å². The standard InChI is InChI=1S/C25H34O2/c1-16(2)7-6-8-17(3)20-11-12-25(5)14-21-18(4)13-23(27)24(21)19(15-26)9-10-22(20)25/h6-9,13,15,17,20-22,24H,10-12,14H2,1-5H3/b8-6-,19-9?/t17-,20+,21+,22-,24-,25+/m0/s1. The maximum absolute atomic E-state index is 12.5. The number of ketones is 1. The van der Waals surface area contributed by atoms with E-state index in [9.17, 15) is 9.59 Å². The number of allylic oxidation sites excluding steroid dienone is 8. The van der Waals surface area contributed by atoms with Crippen molar-refractivity contribution in [3.05, 3.63) is 47.1 Å². The van der Waals surface area contributed by atoms with Crippen LogP contribution >= 0.6 is 0 Å². The molecule has 0 amide bonds. The molecular weight excluding hydrogens is 332 g/mol. The van der Waals surface area contributed by atoms with E-state index in [0.29, 0.717) is 17.8 Å². The van der Waals surface area contributed by atoms with E-state index >= 15 is 0 Å². The van der Waals surface area contributed by atoms with E-state index in [-0.39, 0.29) is 23.0 Å². The maximum Gasteiger partial charge on any atom is 0.163 e. The van der Waals surface area contributed by atoms with Gasteiger partial charge in [-0.05, 0) is 87.2 Å². The van der Waals surface area contributed by atoms with Crippen LogP contribution in [0.2, 0.25) is 0 Å². The number of hydrogen-bond acceptors (Lipinski definition) is 2. The Hall–Kier alpha value is -1.70. The molecule has 0 bridgehead atoms. The topological polar surface area (TPSA) is 34.1 Å². The predicted octanol–water partition coefficient (Wildman–Crippen LogP) is 5.86. The molecule has 0 heterocycles. The largest absolute Gasteiger partial charge is 0.298 e. The molecule has 0 aromatic heterocycles. The number of aldehydes is 1. The Morgan fingerprint density at radius 2 is 2.07 bits per heavy atom.